The van der Waals surface area contributed by atoms with Crippen molar-refractivity contribution in [2.75, 3.05) is 0 Å². The molecule has 0 aromatic heterocycles. The second-order valence-corrected chi connectivity index (χ2v) is 14.3. The predicted molar refractivity (Wildman–Crippen MR) is 220 cm³/mol. The zero-order chi connectivity index (χ0) is 37.3. The maximum atomic E-state index is 10.9. The molecular weight excluding hydrogens is 683 g/mol. The summed E-state index contributed by atoms with van der Waals surface area (Å²) in [5.41, 5.74) is 11.4. The van der Waals surface area contributed by atoms with Crippen LogP contribution in [0.25, 0.3) is 0 Å². The molecule has 0 amide bonds. The van der Waals surface area contributed by atoms with Gasteiger partial charge < -0.3 is 10.2 Å². The maximum absolute atomic E-state index is 10.9. The third-order valence-electron chi connectivity index (χ3n) is 9.65. The van der Waals surface area contributed by atoms with Crippen LogP contribution >= 0.6 is 0 Å². The summed E-state index contributed by atoms with van der Waals surface area (Å²) in [6.45, 7) is 15.7. The number of aliphatic imine (C=N–C) groups is 2. The summed E-state index contributed by atoms with van der Waals surface area (Å²) in [5, 5.41) is 21.6. The monoisotopic (exact) mass is 752 g/mol. The fraction of sp³-hybridized carbons (Fsp3) is 0.574. The van der Waals surface area contributed by atoms with E-state index in [2.05, 4.69) is 84.9 Å². The van der Waals surface area contributed by atoms with Gasteiger partial charge in [-0.2, -0.15) is 0 Å². The molecule has 5 heteroatoms. The Morgan fingerprint density at radius 1 is 0.462 bits per heavy atom. The molecule has 0 atom stereocenters. The third-order valence-corrected chi connectivity index (χ3v) is 9.65. The number of aryl methyl sites for hydroxylation is 5. The minimum Gasteiger partial charge on any atom is -0.873 e. The Balaban J connectivity index is 0.000000878. The molecule has 0 aliphatic rings. The smallest absolute Gasteiger partial charge is 0.873 e. The van der Waals surface area contributed by atoms with Gasteiger partial charge in [-0.1, -0.05) is 123 Å². The minimum atomic E-state index is -0.407. The quantitative estimate of drug-likeness (QED) is 0.0549. The molecule has 0 N–H and O–H groups in total. The first-order chi connectivity index (χ1) is 24.8. The summed E-state index contributed by atoms with van der Waals surface area (Å²) in [7, 11) is 0. The third kappa shape index (κ3) is 18.2. The standard InChI is InChI=1S/C37H58N2.C10H14O2.Ni/c1-7-12-17-18-23-37(39-36-27-25-32(20-14-9-3)34(29-36)22-16-11-5)30(6)38-35-26-24-31(19-13-8-2)33(28-35)21-15-10-4;1-2-3-4-8-5-6-9(11)10(12)7-8;/h24-29H,7-23H2,1-6H3;5-7,11-12H,2-4H2,1H3;/q;;+2/p-2. The van der Waals surface area contributed by atoms with Gasteiger partial charge in [0.25, 0.3) is 0 Å². The van der Waals surface area contributed by atoms with E-state index >= 15 is 0 Å². The van der Waals surface area contributed by atoms with Crippen LogP contribution < -0.4 is 10.2 Å². The zero-order valence-electron chi connectivity index (χ0n) is 33.9. The number of rotatable bonds is 23. The van der Waals surface area contributed by atoms with E-state index in [1.54, 1.807) is 6.07 Å². The van der Waals surface area contributed by atoms with Gasteiger partial charge in [0, 0.05) is 0 Å². The summed E-state index contributed by atoms with van der Waals surface area (Å²) in [5.74, 6) is -0.793. The molecule has 0 spiro atoms. The second kappa shape index (κ2) is 28.6. The summed E-state index contributed by atoms with van der Waals surface area (Å²) in [6.07, 6.45) is 23.6. The molecule has 0 heterocycles. The van der Waals surface area contributed by atoms with Crippen LogP contribution in [0.2, 0.25) is 0 Å². The van der Waals surface area contributed by atoms with Crippen LogP contribution in [0.15, 0.2) is 64.6 Å². The molecule has 290 valence electrons. The summed E-state index contributed by atoms with van der Waals surface area (Å²) in [4.78, 5) is 10.4. The van der Waals surface area contributed by atoms with Gasteiger partial charge in [0.15, 0.2) is 0 Å². The predicted octanol–water partition coefficient (Wildman–Crippen LogP) is 13.1. The van der Waals surface area contributed by atoms with Gasteiger partial charge >= 0.3 is 16.5 Å². The molecule has 0 aliphatic carbocycles. The van der Waals surface area contributed by atoms with Crippen molar-refractivity contribution in [2.24, 2.45) is 9.98 Å². The topological polar surface area (TPSA) is 70.8 Å². The van der Waals surface area contributed by atoms with Gasteiger partial charge in [-0.3, -0.25) is 9.98 Å². The number of unbranched alkanes of at least 4 members (excludes halogenated alkanes) is 8. The Hall–Kier alpha value is -2.91. The van der Waals surface area contributed by atoms with Crippen LogP contribution in [-0.2, 0) is 48.6 Å². The van der Waals surface area contributed by atoms with E-state index in [4.69, 9.17) is 9.98 Å². The van der Waals surface area contributed by atoms with Gasteiger partial charge in [0.05, 0.1) is 22.8 Å². The first kappa shape index (κ1) is 47.1. The molecule has 3 rings (SSSR count). The summed E-state index contributed by atoms with van der Waals surface area (Å²) in [6, 6.07) is 18.4. The van der Waals surface area contributed by atoms with Crippen molar-refractivity contribution < 1.29 is 26.7 Å². The Kier molecular flexibility index (Phi) is 25.9. The van der Waals surface area contributed by atoms with Gasteiger partial charge in [0.1, 0.15) is 0 Å². The van der Waals surface area contributed by atoms with E-state index in [0.717, 1.165) is 66.9 Å². The number of benzene rings is 3. The van der Waals surface area contributed by atoms with Crippen molar-refractivity contribution in [3.8, 4) is 11.5 Å². The first-order valence-electron chi connectivity index (χ1n) is 20.6. The molecule has 4 nitrogen and oxygen atoms in total. The van der Waals surface area contributed by atoms with Gasteiger partial charge in [-0.05, 0) is 136 Å². The molecule has 0 radical (unpaired) electrons. The van der Waals surface area contributed by atoms with E-state index in [0.29, 0.717) is 0 Å². The fourth-order valence-electron chi connectivity index (χ4n) is 6.33. The van der Waals surface area contributed by atoms with Crippen LogP contribution in [0.4, 0.5) is 11.4 Å². The summed E-state index contributed by atoms with van der Waals surface area (Å²) < 4.78 is 0. The molecule has 0 aliphatic heterocycles. The largest absolute Gasteiger partial charge is 2.00 e. The fourth-order valence-corrected chi connectivity index (χ4v) is 6.33. The summed E-state index contributed by atoms with van der Waals surface area (Å²) >= 11 is 0. The van der Waals surface area contributed by atoms with Gasteiger partial charge in [-0.25, -0.2) is 0 Å². The zero-order valence-corrected chi connectivity index (χ0v) is 34.9. The van der Waals surface area contributed by atoms with Crippen LogP contribution in [0, 0.1) is 0 Å². The molecule has 0 saturated heterocycles. The number of hydrogen-bond acceptors (Lipinski definition) is 4. The molecule has 3 aromatic carbocycles. The van der Waals surface area contributed by atoms with E-state index in [-0.39, 0.29) is 22.2 Å². The minimum absolute atomic E-state index is 0. The van der Waals surface area contributed by atoms with Crippen molar-refractivity contribution in [1.82, 2.24) is 0 Å². The maximum Gasteiger partial charge on any atom is 2.00 e. The van der Waals surface area contributed by atoms with Crippen molar-refractivity contribution >= 4 is 22.8 Å². The molecular formula is C47H70N2NiO2. The van der Waals surface area contributed by atoms with Crippen molar-refractivity contribution in [3.63, 3.8) is 0 Å². The molecule has 0 unspecified atom stereocenters. The van der Waals surface area contributed by atoms with E-state index < -0.39 is 5.75 Å². The molecule has 0 fully saturated rings. The van der Waals surface area contributed by atoms with Crippen LogP contribution in [0.3, 0.4) is 0 Å². The Morgan fingerprint density at radius 3 is 1.40 bits per heavy atom. The molecule has 0 saturated carbocycles. The van der Waals surface area contributed by atoms with Gasteiger partial charge in [0.2, 0.25) is 0 Å². The Morgan fingerprint density at radius 2 is 0.923 bits per heavy atom. The van der Waals surface area contributed by atoms with E-state index in [9.17, 15) is 10.2 Å². The van der Waals surface area contributed by atoms with Crippen LogP contribution in [0.1, 0.15) is 173 Å². The van der Waals surface area contributed by atoms with Crippen molar-refractivity contribution in [1.29, 1.82) is 0 Å². The van der Waals surface area contributed by atoms with Crippen LogP contribution in [0.5, 0.6) is 11.5 Å². The molecule has 3 aromatic rings. The van der Waals surface area contributed by atoms with E-state index in [1.165, 1.54) is 124 Å². The molecule has 0 bridgehead atoms. The average Bonchev–Trinajstić information content (AvgIpc) is 3.14. The Labute approximate surface area is 329 Å². The van der Waals surface area contributed by atoms with Crippen LogP contribution in [-0.4, -0.2) is 11.4 Å². The number of nitrogens with zero attached hydrogens (tertiary/aromatic N) is 2. The van der Waals surface area contributed by atoms with Crippen molar-refractivity contribution in [3.05, 3.63) is 82.4 Å². The number of hydrogen-bond donors (Lipinski definition) is 0. The van der Waals surface area contributed by atoms with Crippen molar-refractivity contribution in [2.45, 2.75) is 177 Å². The normalized spacial score (nSPS) is 11.6. The van der Waals surface area contributed by atoms with Gasteiger partial charge in [-0.15, -0.1) is 11.5 Å². The average molecular weight is 754 g/mol. The van der Waals surface area contributed by atoms with E-state index in [1.807, 2.05) is 0 Å². The molecule has 52 heavy (non-hydrogen) atoms. The second-order valence-electron chi connectivity index (χ2n) is 14.3. The SMILES string of the molecule is CCCCCCC(=Nc1ccc(CCCC)c(CCCC)c1)C(C)=Nc1ccc(CCCC)c(CCCC)c1.CCCCc1ccc([O-])c([O-])c1.[Ni+2]. The first-order valence-corrected chi connectivity index (χ1v) is 20.6. The Bertz CT molecular complexity index is 1460.